The van der Waals surface area contributed by atoms with E-state index < -0.39 is 10.1 Å². The zero-order chi connectivity index (χ0) is 13.3. The molecular weight excluding hydrogens is 276 g/mol. The van der Waals surface area contributed by atoms with Crippen LogP contribution < -0.4 is 4.18 Å². The lowest BCUT2D eigenvalue weighted by molar-refractivity contribution is 0.481. The number of halogens is 1. The summed E-state index contributed by atoms with van der Waals surface area (Å²) in [6, 6.07) is 6.81. The summed E-state index contributed by atoms with van der Waals surface area (Å²) in [6.45, 7) is 1.75. The van der Waals surface area contributed by atoms with Gasteiger partial charge in [0.1, 0.15) is 5.75 Å². The van der Waals surface area contributed by atoms with Gasteiger partial charge < -0.3 is 8.75 Å². The molecule has 2 rings (SSSR count). The second-order valence-corrected chi connectivity index (χ2v) is 5.57. The molecule has 0 N–H and O–H groups in total. The van der Waals surface area contributed by atoms with Crippen molar-refractivity contribution in [1.82, 2.24) is 9.55 Å². The molecule has 96 valence electrons. The van der Waals surface area contributed by atoms with E-state index in [2.05, 4.69) is 4.98 Å². The van der Waals surface area contributed by atoms with Crippen molar-refractivity contribution in [3.05, 3.63) is 41.3 Å². The normalized spacial score (nSPS) is 11.5. The molecule has 0 aliphatic rings. The molecule has 0 saturated carbocycles. The van der Waals surface area contributed by atoms with Gasteiger partial charge in [-0.05, 0) is 18.6 Å². The lowest BCUT2D eigenvalue weighted by Gasteiger charge is -2.07. The number of para-hydroxylation sites is 1. The summed E-state index contributed by atoms with van der Waals surface area (Å²) in [5.41, 5.74) is 0.716. The van der Waals surface area contributed by atoms with Crippen LogP contribution in [-0.4, -0.2) is 18.0 Å². The van der Waals surface area contributed by atoms with Crippen LogP contribution in [0.2, 0.25) is 5.15 Å². The SMILES string of the molecule is Cc1ccccc1OS(=O)(=O)c1ncn(C)c1Cl. The quantitative estimate of drug-likeness (QED) is 0.811. The largest absolute Gasteiger partial charge is 0.378 e. The van der Waals surface area contributed by atoms with Crippen LogP contribution in [0.15, 0.2) is 35.6 Å². The van der Waals surface area contributed by atoms with Crippen LogP contribution in [0.1, 0.15) is 5.56 Å². The molecule has 0 unspecified atom stereocenters. The highest BCUT2D eigenvalue weighted by Gasteiger charge is 2.25. The third-order valence-electron chi connectivity index (χ3n) is 2.36. The Morgan fingerprint density at radius 2 is 2.00 bits per heavy atom. The van der Waals surface area contributed by atoms with E-state index in [0.717, 1.165) is 0 Å². The molecule has 0 fully saturated rings. The van der Waals surface area contributed by atoms with Crippen molar-refractivity contribution in [1.29, 1.82) is 0 Å². The average molecular weight is 287 g/mol. The molecule has 0 aliphatic heterocycles. The third-order valence-corrected chi connectivity index (χ3v) is 4.09. The van der Waals surface area contributed by atoms with E-state index in [1.165, 1.54) is 10.9 Å². The van der Waals surface area contributed by atoms with Gasteiger partial charge in [-0.3, -0.25) is 0 Å². The van der Waals surface area contributed by atoms with Crippen LogP contribution in [0, 0.1) is 6.92 Å². The average Bonchev–Trinajstić information content (AvgIpc) is 2.63. The number of nitrogens with zero attached hydrogens (tertiary/aromatic N) is 2. The van der Waals surface area contributed by atoms with Crippen LogP contribution in [0.25, 0.3) is 0 Å². The summed E-state index contributed by atoms with van der Waals surface area (Å²) in [6.07, 6.45) is 1.32. The number of benzene rings is 1. The van der Waals surface area contributed by atoms with Gasteiger partial charge in [0.15, 0.2) is 5.15 Å². The number of rotatable bonds is 3. The predicted molar refractivity (Wildman–Crippen MR) is 67.2 cm³/mol. The Labute approximate surface area is 110 Å². The standard InChI is InChI=1S/C11H11ClN2O3S/c1-8-5-3-4-6-9(8)17-18(15,16)11-10(12)14(2)7-13-11/h3-7H,1-2H3. The Kier molecular flexibility index (Phi) is 3.32. The molecule has 7 heteroatoms. The fraction of sp³-hybridized carbons (Fsp3) is 0.182. The molecule has 1 heterocycles. The van der Waals surface area contributed by atoms with Gasteiger partial charge >= 0.3 is 10.1 Å². The lowest BCUT2D eigenvalue weighted by atomic mass is 10.2. The van der Waals surface area contributed by atoms with Crippen molar-refractivity contribution in [3.63, 3.8) is 0 Å². The van der Waals surface area contributed by atoms with Crippen molar-refractivity contribution in [3.8, 4) is 5.75 Å². The zero-order valence-corrected chi connectivity index (χ0v) is 11.4. The number of imidazole rings is 1. The van der Waals surface area contributed by atoms with E-state index in [1.807, 2.05) is 0 Å². The summed E-state index contributed by atoms with van der Waals surface area (Å²) in [4.78, 5) is 3.73. The highest BCUT2D eigenvalue weighted by Crippen LogP contribution is 2.25. The lowest BCUT2D eigenvalue weighted by Crippen LogP contribution is -2.11. The molecule has 0 spiro atoms. The predicted octanol–water partition coefficient (Wildman–Crippen LogP) is 2.15. The van der Waals surface area contributed by atoms with Gasteiger partial charge in [-0.2, -0.15) is 8.42 Å². The number of hydrogen-bond acceptors (Lipinski definition) is 4. The molecule has 0 radical (unpaired) electrons. The zero-order valence-electron chi connectivity index (χ0n) is 9.79. The molecule has 0 saturated heterocycles. The summed E-state index contributed by atoms with van der Waals surface area (Å²) >= 11 is 5.84. The van der Waals surface area contributed by atoms with E-state index in [-0.39, 0.29) is 15.9 Å². The third kappa shape index (κ3) is 2.34. The molecule has 1 aromatic heterocycles. The smallest absolute Gasteiger partial charge is 0.360 e. The summed E-state index contributed by atoms with van der Waals surface area (Å²) in [7, 11) is -2.41. The van der Waals surface area contributed by atoms with Crippen LogP contribution in [0.3, 0.4) is 0 Å². The van der Waals surface area contributed by atoms with Gasteiger partial charge in [0.2, 0.25) is 5.03 Å². The molecule has 5 nitrogen and oxygen atoms in total. The molecule has 18 heavy (non-hydrogen) atoms. The molecule has 2 aromatic rings. The van der Waals surface area contributed by atoms with Gasteiger partial charge in [0, 0.05) is 7.05 Å². The monoisotopic (exact) mass is 286 g/mol. The van der Waals surface area contributed by atoms with Crippen molar-refractivity contribution in [2.75, 3.05) is 0 Å². The van der Waals surface area contributed by atoms with Crippen LogP contribution in [0.5, 0.6) is 5.75 Å². The van der Waals surface area contributed by atoms with Crippen molar-refractivity contribution in [2.45, 2.75) is 11.9 Å². The first-order chi connectivity index (χ1) is 8.42. The minimum atomic E-state index is -4.01. The minimum Gasteiger partial charge on any atom is -0.378 e. The molecule has 1 aromatic carbocycles. The maximum atomic E-state index is 12.0. The number of aryl methyl sites for hydroxylation is 2. The van der Waals surface area contributed by atoms with Gasteiger partial charge in [-0.15, -0.1) is 0 Å². The molecule has 0 aliphatic carbocycles. The second kappa shape index (κ2) is 4.62. The summed E-state index contributed by atoms with van der Waals surface area (Å²) < 4.78 is 30.4. The summed E-state index contributed by atoms with van der Waals surface area (Å²) in [5.74, 6) is 0.263. The molecule has 0 amide bonds. The van der Waals surface area contributed by atoms with Crippen LogP contribution >= 0.6 is 11.6 Å². The molecule has 0 bridgehead atoms. The highest BCUT2D eigenvalue weighted by molar-refractivity contribution is 7.87. The molecule has 0 atom stereocenters. The minimum absolute atomic E-state index is 0.0172. The maximum absolute atomic E-state index is 12.0. The Bertz CT molecular complexity index is 679. The van der Waals surface area contributed by atoms with Crippen molar-refractivity contribution < 1.29 is 12.6 Å². The van der Waals surface area contributed by atoms with E-state index in [4.69, 9.17) is 15.8 Å². The van der Waals surface area contributed by atoms with E-state index >= 15 is 0 Å². The van der Waals surface area contributed by atoms with E-state index in [0.29, 0.717) is 5.56 Å². The van der Waals surface area contributed by atoms with E-state index in [1.54, 1.807) is 38.2 Å². The fourth-order valence-corrected chi connectivity index (χ4v) is 2.77. The molecular formula is C11H11ClN2O3S. The first-order valence-corrected chi connectivity index (χ1v) is 6.87. The Balaban J connectivity index is 2.40. The second-order valence-electron chi connectivity index (χ2n) is 3.75. The fourth-order valence-electron chi connectivity index (χ4n) is 1.37. The Hall–Kier alpha value is -1.53. The van der Waals surface area contributed by atoms with Crippen LogP contribution in [0.4, 0.5) is 0 Å². The van der Waals surface area contributed by atoms with Gasteiger partial charge in [-0.25, -0.2) is 4.98 Å². The first kappa shape index (κ1) is 12.9. The van der Waals surface area contributed by atoms with Crippen molar-refractivity contribution >= 4 is 21.7 Å². The van der Waals surface area contributed by atoms with Gasteiger partial charge in [0.05, 0.1) is 6.33 Å². The maximum Gasteiger partial charge on any atom is 0.360 e. The number of hydrogen-bond donors (Lipinski definition) is 0. The summed E-state index contributed by atoms with van der Waals surface area (Å²) in [5, 5.41) is -0.265. The Morgan fingerprint density at radius 3 is 2.56 bits per heavy atom. The van der Waals surface area contributed by atoms with Gasteiger partial charge in [-0.1, -0.05) is 29.8 Å². The topological polar surface area (TPSA) is 61.2 Å². The van der Waals surface area contributed by atoms with Gasteiger partial charge in [0.25, 0.3) is 0 Å². The number of aromatic nitrogens is 2. The first-order valence-electron chi connectivity index (χ1n) is 5.09. The Morgan fingerprint density at radius 1 is 1.33 bits per heavy atom. The van der Waals surface area contributed by atoms with E-state index in [9.17, 15) is 8.42 Å². The van der Waals surface area contributed by atoms with Crippen molar-refractivity contribution in [2.24, 2.45) is 7.05 Å². The van der Waals surface area contributed by atoms with Crippen LogP contribution in [-0.2, 0) is 17.2 Å². The highest BCUT2D eigenvalue weighted by atomic mass is 35.5.